The molecule has 66 valence electrons. The summed E-state index contributed by atoms with van der Waals surface area (Å²) >= 11 is 11.7. The molecule has 0 radical (unpaired) electrons. The van der Waals surface area contributed by atoms with Gasteiger partial charge < -0.3 is 10.5 Å². The van der Waals surface area contributed by atoms with Gasteiger partial charge in [0, 0.05) is 11.1 Å². The predicted octanol–water partition coefficient (Wildman–Crippen LogP) is 2.89. The van der Waals surface area contributed by atoms with Gasteiger partial charge in [-0.1, -0.05) is 23.2 Å². The number of nitrogen functional groups attached to an aromatic ring is 1. The van der Waals surface area contributed by atoms with E-state index in [0.717, 1.165) is 5.56 Å². The molecule has 0 spiro atoms. The smallest absolute Gasteiger partial charge is 0.144 e. The second kappa shape index (κ2) is 3.42. The molecule has 0 aliphatic rings. The lowest BCUT2D eigenvalue weighted by Crippen LogP contribution is -1.95. The molecule has 0 saturated heterocycles. The summed E-state index contributed by atoms with van der Waals surface area (Å²) in [4.78, 5) is 0. The van der Waals surface area contributed by atoms with Crippen LogP contribution in [0.5, 0.6) is 5.75 Å². The first-order valence-corrected chi connectivity index (χ1v) is 4.11. The Morgan fingerprint density at radius 3 is 2.50 bits per heavy atom. The number of rotatable bonds is 1. The number of hydrogen-bond acceptors (Lipinski definition) is 2. The second-order valence-corrected chi connectivity index (χ2v) is 3.20. The van der Waals surface area contributed by atoms with E-state index in [1.54, 1.807) is 13.0 Å². The first-order chi connectivity index (χ1) is 5.57. The van der Waals surface area contributed by atoms with Crippen molar-refractivity contribution in [2.75, 3.05) is 12.8 Å². The molecule has 0 heterocycles. The van der Waals surface area contributed by atoms with Crippen molar-refractivity contribution < 1.29 is 4.74 Å². The van der Waals surface area contributed by atoms with Crippen molar-refractivity contribution in [2.24, 2.45) is 0 Å². The minimum atomic E-state index is 0.432. The van der Waals surface area contributed by atoms with Crippen molar-refractivity contribution >= 4 is 28.9 Å². The van der Waals surface area contributed by atoms with E-state index in [1.807, 2.05) is 0 Å². The molecule has 0 aliphatic heterocycles. The molecule has 2 N–H and O–H groups in total. The van der Waals surface area contributed by atoms with Crippen molar-refractivity contribution in [1.82, 2.24) is 0 Å². The van der Waals surface area contributed by atoms with E-state index in [9.17, 15) is 0 Å². The van der Waals surface area contributed by atoms with Crippen molar-refractivity contribution in [1.29, 1.82) is 0 Å². The molecule has 2 nitrogen and oxygen atoms in total. The van der Waals surface area contributed by atoms with Crippen LogP contribution in [0.3, 0.4) is 0 Å². The number of hydrogen-bond donors (Lipinski definition) is 1. The van der Waals surface area contributed by atoms with Gasteiger partial charge in [0.25, 0.3) is 0 Å². The lowest BCUT2D eigenvalue weighted by Gasteiger charge is -2.09. The highest BCUT2D eigenvalue weighted by molar-refractivity contribution is 6.38. The van der Waals surface area contributed by atoms with Gasteiger partial charge in [0.15, 0.2) is 0 Å². The molecule has 0 atom stereocenters. The Labute approximate surface area is 81.2 Å². The maximum atomic E-state index is 5.88. The molecule has 0 fully saturated rings. The van der Waals surface area contributed by atoms with Crippen LogP contribution in [0.1, 0.15) is 5.56 Å². The molecule has 0 bridgehead atoms. The molecule has 4 heteroatoms. The highest BCUT2D eigenvalue weighted by atomic mass is 35.5. The van der Waals surface area contributed by atoms with Gasteiger partial charge in [0.1, 0.15) is 5.75 Å². The number of nitrogens with two attached hydrogens (primary N) is 1. The van der Waals surface area contributed by atoms with E-state index in [1.165, 1.54) is 7.11 Å². The van der Waals surface area contributed by atoms with E-state index < -0.39 is 0 Å². The van der Waals surface area contributed by atoms with Gasteiger partial charge in [-0.2, -0.15) is 0 Å². The molecule has 0 aliphatic carbocycles. The van der Waals surface area contributed by atoms with Gasteiger partial charge >= 0.3 is 0 Å². The molecule has 1 aromatic rings. The number of ether oxygens (including phenoxy) is 1. The molecule has 1 aromatic carbocycles. The van der Waals surface area contributed by atoms with E-state index in [2.05, 4.69) is 0 Å². The lowest BCUT2D eigenvalue weighted by atomic mass is 10.2. The Kier molecular flexibility index (Phi) is 2.70. The zero-order valence-corrected chi connectivity index (χ0v) is 8.33. The minimum Gasteiger partial charge on any atom is -0.494 e. The Morgan fingerprint density at radius 1 is 1.42 bits per heavy atom. The molecule has 0 unspecified atom stereocenters. The zero-order valence-electron chi connectivity index (χ0n) is 6.82. The van der Waals surface area contributed by atoms with Crippen LogP contribution in [0.4, 0.5) is 5.69 Å². The van der Waals surface area contributed by atoms with E-state index in [4.69, 9.17) is 33.7 Å². The highest BCUT2D eigenvalue weighted by Gasteiger charge is 2.10. The maximum absolute atomic E-state index is 5.88. The molecule has 0 aromatic heterocycles. The number of anilines is 1. The Morgan fingerprint density at radius 2 is 2.00 bits per heavy atom. The zero-order chi connectivity index (χ0) is 9.30. The van der Waals surface area contributed by atoms with E-state index >= 15 is 0 Å². The van der Waals surface area contributed by atoms with Crippen LogP contribution >= 0.6 is 23.2 Å². The third-order valence-corrected chi connectivity index (χ3v) is 2.55. The van der Waals surface area contributed by atoms with Gasteiger partial charge in [0.05, 0.1) is 17.8 Å². The Bertz CT molecular complexity index is 312. The molecule has 0 saturated carbocycles. The fourth-order valence-electron chi connectivity index (χ4n) is 0.885. The molecule has 0 amide bonds. The highest BCUT2D eigenvalue weighted by Crippen LogP contribution is 2.36. The van der Waals surface area contributed by atoms with Gasteiger partial charge in [-0.05, 0) is 12.5 Å². The number of methoxy groups -OCH3 is 1. The van der Waals surface area contributed by atoms with Gasteiger partial charge in [-0.15, -0.1) is 0 Å². The molecular weight excluding hydrogens is 197 g/mol. The summed E-state index contributed by atoms with van der Waals surface area (Å²) in [6, 6.07) is 1.65. The first kappa shape index (κ1) is 9.49. The van der Waals surface area contributed by atoms with Crippen LogP contribution in [-0.2, 0) is 0 Å². The van der Waals surface area contributed by atoms with Crippen LogP contribution in [0.25, 0.3) is 0 Å². The summed E-state index contributed by atoms with van der Waals surface area (Å²) in [5.74, 6) is 0.510. The summed E-state index contributed by atoms with van der Waals surface area (Å²) in [5.41, 5.74) is 6.85. The quantitative estimate of drug-likeness (QED) is 0.717. The van der Waals surface area contributed by atoms with Crippen LogP contribution in [0, 0.1) is 6.92 Å². The van der Waals surface area contributed by atoms with E-state index in [0.29, 0.717) is 21.5 Å². The Hall–Kier alpha value is -0.600. The maximum Gasteiger partial charge on any atom is 0.144 e. The molecule has 1 rings (SSSR count). The summed E-state index contributed by atoms with van der Waals surface area (Å²) in [5, 5.41) is 1.02. The predicted molar refractivity (Wildman–Crippen MR) is 52.2 cm³/mol. The third-order valence-electron chi connectivity index (χ3n) is 1.67. The topological polar surface area (TPSA) is 35.2 Å². The van der Waals surface area contributed by atoms with Gasteiger partial charge in [0.2, 0.25) is 0 Å². The molecular formula is C8H9Cl2NO. The first-order valence-electron chi connectivity index (χ1n) is 3.36. The monoisotopic (exact) mass is 205 g/mol. The van der Waals surface area contributed by atoms with Crippen LogP contribution in [-0.4, -0.2) is 7.11 Å². The SMILES string of the molecule is COc1cc(Cl)c(C)c(Cl)c1N. The second-order valence-electron chi connectivity index (χ2n) is 2.41. The third kappa shape index (κ3) is 1.45. The van der Waals surface area contributed by atoms with Gasteiger partial charge in [-0.3, -0.25) is 0 Å². The summed E-state index contributed by atoms with van der Waals surface area (Å²) < 4.78 is 4.97. The Balaban J connectivity index is 3.39. The van der Waals surface area contributed by atoms with Crippen molar-refractivity contribution in [3.63, 3.8) is 0 Å². The van der Waals surface area contributed by atoms with Crippen LogP contribution < -0.4 is 10.5 Å². The number of benzene rings is 1. The standard InChI is InChI=1S/C8H9Cl2NO/c1-4-5(9)3-6(12-2)8(11)7(4)10/h3H,11H2,1-2H3. The molecule has 12 heavy (non-hydrogen) atoms. The van der Waals surface area contributed by atoms with Crippen LogP contribution in [0.2, 0.25) is 10.0 Å². The van der Waals surface area contributed by atoms with Gasteiger partial charge in [-0.25, -0.2) is 0 Å². The minimum absolute atomic E-state index is 0.432. The van der Waals surface area contributed by atoms with E-state index in [-0.39, 0.29) is 0 Å². The number of halogens is 2. The average molecular weight is 206 g/mol. The summed E-state index contributed by atoms with van der Waals surface area (Å²) in [7, 11) is 1.52. The summed E-state index contributed by atoms with van der Waals surface area (Å²) in [6.45, 7) is 1.81. The normalized spacial score (nSPS) is 10.0. The van der Waals surface area contributed by atoms with Crippen molar-refractivity contribution in [3.8, 4) is 5.75 Å². The fourth-order valence-corrected chi connectivity index (χ4v) is 1.32. The lowest BCUT2D eigenvalue weighted by molar-refractivity contribution is 0.417. The summed E-state index contributed by atoms with van der Waals surface area (Å²) in [6.07, 6.45) is 0. The van der Waals surface area contributed by atoms with Crippen molar-refractivity contribution in [3.05, 3.63) is 21.7 Å². The van der Waals surface area contributed by atoms with Crippen molar-refractivity contribution in [2.45, 2.75) is 6.92 Å². The largest absolute Gasteiger partial charge is 0.494 e. The van der Waals surface area contributed by atoms with Crippen LogP contribution in [0.15, 0.2) is 6.07 Å². The average Bonchev–Trinajstić information content (AvgIpc) is 2.08. The fraction of sp³-hybridized carbons (Fsp3) is 0.250.